The molecule has 1 aliphatic carbocycles. The van der Waals surface area contributed by atoms with E-state index in [1.54, 1.807) is 7.05 Å². The highest BCUT2D eigenvalue weighted by atomic mass is 16.5. The van der Waals surface area contributed by atoms with Crippen molar-refractivity contribution in [2.75, 3.05) is 13.7 Å². The average Bonchev–Trinajstić information content (AvgIpc) is 2.46. The van der Waals surface area contributed by atoms with Crippen LogP contribution >= 0.6 is 0 Å². The van der Waals surface area contributed by atoms with Crippen LogP contribution in [-0.2, 0) is 9.53 Å². The summed E-state index contributed by atoms with van der Waals surface area (Å²) in [7, 11) is 1.65. The van der Waals surface area contributed by atoms with Crippen molar-refractivity contribution in [1.29, 1.82) is 0 Å². The zero-order valence-corrected chi connectivity index (χ0v) is 9.37. The van der Waals surface area contributed by atoms with Crippen LogP contribution in [0.5, 0.6) is 0 Å². The third kappa shape index (κ3) is 4.62. The van der Waals surface area contributed by atoms with Gasteiger partial charge in [0.2, 0.25) is 0 Å². The number of carbonyl (C=O) groups is 1. The van der Waals surface area contributed by atoms with E-state index in [9.17, 15) is 4.79 Å². The van der Waals surface area contributed by atoms with Gasteiger partial charge in [-0.2, -0.15) is 0 Å². The molecule has 15 heavy (non-hydrogen) atoms. The number of hydrogen-bond acceptors (Lipinski definition) is 3. The van der Waals surface area contributed by atoms with Gasteiger partial charge < -0.3 is 15.2 Å². The fourth-order valence-corrected chi connectivity index (χ4v) is 1.92. The standard InChI is InChI=1S/C11H21NO3/c1-12-10(11(13)14)8-15-9-6-4-2-3-5-7-9/h9-10,12H,2-8H2,1H3,(H,13,14). The minimum Gasteiger partial charge on any atom is -0.480 e. The van der Waals surface area contributed by atoms with Crippen molar-refractivity contribution >= 4 is 5.97 Å². The Balaban J connectivity index is 2.24. The van der Waals surface area contributed by atoms with Crippen molar-refractivity contribution < 1.29 is 14.6 Å². The maximum absolute atomic E-state index is 10.7. The molecule has 4 heteroatoms. The number of aliphatic carboxylic acids is 1. The van der Waals surface area contributed by atoms with Gasteiger partial charge in [0.1, 0.15) is 6.04 Å². The largest absolute Gasteiger partial charge is 0.480 e. The average molecular weight is 215 g/mol. The van der Waals surface area contributed by atoms with Gasteiger partial charge in [-0.25, -0.2) is 0 Å². The van der Waals surface area contributed by atoms with Crippen molar-refractivity contribution in [1.82, 2.24) is 5.32 Å². The van der Waals surface area contributed by atoms with Crippen molar-refractivity contribution in [3.63, 3.8) is 0 Å². The molecule has 0 amide bonds. The predicted molar refractivity (Wildman–Crippen MR) is 57.9 cm³/mol. The molecule has 1 unspecified atom stereocenters. The summed E-state index contributed by atoms with van der Waals surface area (Å²) in [4.78, 5) is 10.7. The maximum Gasteiger partial charge on any atom is 0.323 e. The van der Waals surface area contributed by atoms with Gasteiger partial charge in [0.05, 0.1) is 12.7 Å². The van der Waals surface area contributed by atoms with E-state index in [4.69, 9.17) is 9.84 Å². The molecule has 0 aromatic rings. The topological polar surface area (TPSA) is 58.6 Å². The van der Waals surface area contributed by atoms with E-state index in [0.29, 0.717) is 0 Å². The number of hydrogen-bond donors (Lipinski definition) is 2. The Morgan fingerprint density at radius 1 is 1.40 bits per heavy atom. The Morgan fingerprint density at radius 3 is 2.47 bits per heavy atom. The summed E-state index contributed by atoms with van der Waals surface area (Å²) in [6.45, 7) is 0.274. The SMILES string of the molecule is CNC(COC1CCCCCC1)C(=O)O. The lowest BCUT2D eigenvalue weighted by Gasteiger charge is -2.18. The molecule has 0 aromatic heterocycles. The number of rotatable bonds is 5. The molecule has 0 aromatic carbocycles. The zero-order valence-electron chi connectivity index (χ0n) is 9.37. The second-order valence-electron chi connectivity index (χ2n) is 4.13. The molecule has 0 heterocycles. The first kappa shape index (κ1) is 12.5. The van der Waals surface area contributed by atoms with Gasteiger partial charge in [0, 0.05) is 0 Å². The summed E-state index contributed by atoms with van der Waals surface area (Å²) in [5, 5.41) is 11.5. The van der Waals surface area contributed by atoms with E-state index in [1.807, 2.05) is 0 Å². The predicted octanol–water partition coefficient (Wildman–Crippen LogP) is 1.40. The molecule has 1 rings (SSSR count). The first-order valence-corrected chi connectivity index (χ1v) is 5.75. The molecule has 0 radical (unpaired) electrons. The van der Waals surface area contributed by atoms with Crippen LogP contribution in [0.1, 0.15) is 38.5 Å². The number of ether oxygens (including phenoxy) is 1. The smallest absolute Gasteiger partial charge is 0.323 e. The highest BCUT2D eigenvalue weighted by Crippen LogP contribution is 2.19. The fourth-order valence-electron chi connectivity index (χ4n) is 1.92. The normalized spacial score (nSPS) is 20.9. The van der Waals surface area contributed by atoms with Crippen molar-refractivity contribution in [2.45, 2.75) is 50.7 Å². The molecule has 1 aliphatic rings. The Morgan fingerprint density at radius 2 is 2.00 bits per heavy atom. The van der Waals surface area contributed by atoms with Gasteiger partial charge in [-0.05, 0) is 19.9 Å². The van der Waals surface area contributed by atoms with Gasteiger partial charge >= 0.3 is 5.97 Å². The third-order valence-electron chi connectivity index (χ3n) is 2.95. The van der Waals surface area contributed by atoms with Gasteiger partial charge in [0.25, 0.3) is 0 Å². The van der Waals surface area contributed by atoms with Crippen molar-refractivity contribution in [2.24, 2.45) is 0 Å². The van der Waals surface area contributed by atoms with E-state index < -0.39 is 12.0 Å². The maximum atomic E-state index is 10.7. The highest BCUT2D eigenvalue weighted by Gasteiger charge is 2.18. The van der Waals surface area contributed by atoms with Gasteiger partial charge in [0.15, 0.2) is 0 Å². The van der Waals surface area contributed by atoms with E-state index >= 15 is 0 Å². The quantitative estimate of drug-likeness (QED) is 0.681. The highest BCUT2D eigenvalue weighted by molar-refractivity contribution is 5.73. The summed E-state index contributed by atoms with van der Waals surface area (Å²) in [6.07, 6.45) is 7.42. The third-order valence-corrected chi connectivity index (χ3v) is 2.95. The van der Waals surface area contributed by atoms with E-state index in [1.165, 1.54) is 25.7 Å². The lowest BCUT2D eigenvalue weighted by Crippen LogP contribution is -2.39. The van der Waals surface area contributed by atoms with Crippen LogP contribution in [0, 0.1) is 0 Å². The van der Waals surface area contributed by atoms with Gasteiger partial charge in [-0.1, -0.05) is 25.7 Å². The molecular weight excluding hydrogens is 194 g/mol. The van der Waals surface area contributed by atoms with Crippen LogP contribution in [0.25, 0.3) is 0 Å². The van der Waals surface area contributed by atoms with Crippen molar-refractivity contribution in [3.8, 4) is 0 Å². The van der Waals surface area contributed by atoms with Crippen LogP contribution in [-0.4, -0.2) is 36.9 Å². The lowest BCUT2D eigenvalue weighted by molar-refractivity contribution is -0.141. The Labute approximate surface area is 91.0 Å². The van der Waals surface area contributed by atoms with Crippen LogP contribution in [0.4, 0.5) is 0 Å². The zero-order chi connectivity index (χ0) is 11.1. The molecular formula is C11H21NO3. The number of carboxylic acid groups (broad SMARTS) is 1. The Bertz CT molecular complexity index is 188. The first-order valence-electron chi connectivity index (χ1n) is 5.75. The minimum atomic E-state index is -0.842. The Kier molecular flexibility index (Phi) is 5.65. The monoisotopic (exact) mass is 215 g/mol. The summed E-state index contributed by atoms with van der Waals surface area (Å²) < 4.78 is 5.63. The molecule has 0 aliphatic heterocycles. The van der Waals surface area contributed by atoms with Gasteiger partial charge in [-0.15, -0.1) is 0 Å². The first-order chi connectivity index (χ1) is 7.24. The molecule has 0 bridgehead atoms. The Hall–Kier alpha value is -0.610. The summed E-state index contributed by atoms with van der Waals surface area (Å²) in [6, 6.07) is -0.576. The summed E-state index contributed by atoms with van der Waals surface area (Å²) in [5.41, 5.74) is 0. The second-order valence-corrected chi connectivity index (χ2v) is 4.13. The molecule has 88 valence electrons. The van der Waals surface area contributed by atoms with Crippen LogP contribution in [0.15, 0.2) is 0 Å². The number of nitrogens with one attached hydrogen (secondary N) is 1. The van der Waals surface area contributed by atoms with Gasteiger partial charge in [-0.3, -0.25) is 4.79 Å². The van der Waals surface area contributed by atoms with E-state index in [0.717, 1.165) is 12.8 Å². The minimum absolute atomic E-state index is 0.266. The van der Waals surface area contributed by atoms with E-state index in [2.05, 4.69) is 5.32 Å². The van der Waals surface area contributed by atoms with E-state index in [-0.39, 0.29) is 12.7 Å². The number of likely N-dealkylation sites (N-methyl/N-ethyl adjacent to an activating group) is 1. The molecule has 0 spiro atoms. The molecule has 1 saturated carbocycles. The molecule has 0 saturated heterocycles. The fraction of sp³-hybridized carbons (Fsp3) is 0.909. The lowest BCUT2D eigenvalue weighted by atomic mass is 10.1. The molecule has 1 fully saturated rings. The number of carboxylic acids is 1. The molecule has 1 atom stereocenters. The second kappa shape index (κ2) is 6.80. The van der Waals surface area contributed by atoms with Crippen molar-refractivity contribution in [3.05, 3.63) is 0 Å². The summed E-state index contributed by atoms with van der Waals surface area (Å²) >= 11 is 0. The van der Waals surface area contributed by atoms with Crippen LogP contribution < -0.4 is 5.32 Å². The van der Waals surface area contributed by atoms with Crippen LogP contribution in [0.3, 0.4) is 0 Å². The molecule has 4 nitrogen and oxygen atoms in total. The summed E-state index contributed by atoms with van der Waals surface area (Å²) in [5.74, 6) is -0.842. The molecule has 2 N–H and O–H groups in total. The van der Waals surface area contributed by atoms with Crippen LogP contribution in [0.2, 0.25) is 0 Å².